The van der Waals surface area contributed by atoms with Crippen molar-refractivity contribution in [3.8, 4) is 0 Å². The van der Waals surface area contributed by atoms with E-state index in [9.17, 15) is 4.79 Å². The molecular weight excluding hydrogens is 316 g/mol. The van der Waals surface area contributed by atoms with Gasteiger partial charge < -0.3 is 4.90 Å². The van der Waals surface area contributed by atoms with Crippen molar-refractivity contribution in [3.63, 3.8) is 0 Å². The number of rotatable bonds is 3. The third-order valence-electron chi connectivity index (χ3n) is 5.42. The molecule has 1 aliphatic heterocycles. The molecule has 1 aromatic carbocycles. The quantitative estimate of drug-likeness (QED) is 0.816. The third kappa shape index (κ3) is 3.00. The highest BCUT2D eigenvalue weighted by atomic mass is 32.1. The Hall–Kier alpha value is -1.68. The molecule has 2 aromatic rings. The first kappa shape index (κ1) is 15.8. The first-order chi connectivity index (χ1) is 11.7. The summed E-state index contributed by atoms with van der Waals surface area (Å²) >= 11 is 1.70. The highest BCUT2D eigenvalue weighted by Gasteiger charge is 2.32. The molecule has 0 spiro atoms. The van der Waals surface area contributed by atoms with Crippen LogP contribution in [-0.2, 0) is 11.2 Å². The van der Waals surface area contributed by atoms with E-state index in [0.717, 1.165) is 42.9 Å². The van der Waals surface area contributed by atoms with Gasteiger partial charge in [0, 0.05) is 24.0 Å². The van der Waals surface area contributed by atoms with Gasteiger partial charge in [-0.1, -0.05) is 24.3 Å². The van der Waals surface area contributed by atoms with Crippen molar-refractivity contribution in [1.29, 1.82) is 0 Å². The van der Waals surface area contributed by atoms with E-state index < -0.39 is 0 Å². The van der Waals surface area contributed by atoms with Gasteiger partial charge >= 0.3 is 0 Å². The van der Waals surface area contributed by atoms with Crippen LogP contribution < -0.4 is 0 Å². The van der Waals surface area contributed by atoms with E-state index in [0.29, 0.717) is 18.2 Å². The van der Waals surface area contributed by atoms with Gasteiger partial charge in [-0.2, -0.15) is 0 Å². The molecule has 2 unspecified atom stereocenters. The number of likely N-dealkylation sites (tertiary alicyclic amines) is 1. The van der Waals surface area contributed by atoms with Gasteiger partial charge in [-0.3, -0.25) is 4.79 Å². The van der Waals surface area contributed by atoms with Gasteiger partial charge in [-0.05, 0) is 56.1 Å². The minimum Gasteiger partial charge on any atom is -0.333 e. The first-order valence-electron chi connectivity index (χ1n) is 9.01. The summed E-state index contributed by atoms with van der Waals surface area (Å²) in [6, 6.07) is 8.82. The summed E-state index contributed by atoms with van der Waals surface area (Å²) in [5.41, 5.74) is 3.89. The molecule has 3 nitrogen and oxygen atoms in total. The Morgan fingerprint density at radius 2 is 2.17 bits per heavy atom. The van der Waals surface area contributed by atoms with Gasteiger partial charge in [0.05, 0.1) is 6.04 Å². The van der Waals surface area contributed by atoms with Crippen LogP contribution in [0.1, 0.15) is 65.9 Å². The van der Waals surface area contributed by atoms with Gasteiger partial charge in [0.15, 0.2) is 0 Å². The van der Waals surface area contributed by atoms with Crippen molar-refractivity contribution < 1.29 is 4.79 Å². The molecule has 2 aliphatic rings. The lowest BCUT2D eigenvalue weighted by atomic mass is 9.95. The fraction of sp³-hybridized carbons (Fsp3) is 0.500. The van der Waals surface area contributed by atoms with Crippen LogP contribution in [0.2, 0.25) is 0 Å². The summed E-state index contributed by atoms with van der Waals surface area (Å²) in [7, 11) is 0. The maximum absolute atomic E-state index is 13.1. The minimum absolute atomic E-state index is 0.196. The molecule has 0 saturated carbocycles. The SMILES string of the molecule is Cc1csc(C2CCCCN2C(=O)CC2CCc3ccccc32)n1. The van der Waals surface area contributed by atoms with Crippen molar-refractivity contribution in [2.45, 2.75) is 57.4 Å². The predicted octanol–water partition coefficient (Wildman–Crippen LogP) is 4.63. The zero-order chi connectivity index (χ0) is 16.5. The fourth-order valence-electron chi connectivity index (χ4n) is 4.20. The Balaban J connectivity index is 1.50. The van der Waals surface area contributed by atoms with Crippen molar-refractivity contribution in [2.75, 3.05) is 6.54 Å². The number of carbonyl (C=O) groups is 1. The number of hydrogen-bond acceptors (Lipinski definition) is 3. The lowest BCUT2D eigenvalue weighted by Gasteiger charge is -2.35. The normalized spacial score (nSPS) is 23.3. The van der Waals surface area contributed by atoms with E-state index in [-0.39, 0.29) is 6.04 Å². The number of piperidine rings is 1. The van der Waals surface area contributed by atoms with Gasteiger partial charge in [-0.15, -0.1) is 11.3 Å². The molecule has 1 aliphatic carbocycles. The second kappa shape index (κ2) is 6.67. The number of fused-ring (bicyclic) bond motifs is 1. The van der Waals surface area contributed by atoms with E-state index >= 15 is 0 Å². The first-order valence-corrected chi connectivity index (χ1v) is 9.89. The van der Waals surface area contributed by atoms with Crippen molar-refractivity contribution in [2.24, 2.45) is 0 Å². The van der Waals surface area contributed by atoms with Gasteiger partial charge in [-0.25, -0.2) is 4.98 Å². The number of benzene rings is 1. The minimum atomic E-state index is 0.196. The summed E-state index contributed by atoms with van der Waals surface area (Å²) in [5.74, 6) is 0.712. The number of nitrogens with zero attached hydrogens (tertiary/aromatic N) is 2. The highest BCUT2D eigenvalue weighted by molar-refractivity contribution is 7.09. The number of aromatic nitrogens is 1. The smallest absolute Gasteiger partial charge is 0.223 e. The van der Waals surface area contributed by atoms with Crippen LogP contribution >= 0.6 is 11.3 Å². The van der Waals surface area contributed by atoms with E-state index in [2.05, 4.69) is 39.5 Å². The molecule has 2 heterocycles. The van der Waals surface area contributed by atoms with E-state index in [1.807, 2.05) is 6.92 Å². The zero-order valence-electron chi connectivity index (χ0n) is 14.2. The van der Waals surface area contributed by atoms with Gasteiger partial charge in [0.2, 0.25) is 5.91 Å². The number of hydrogen-bond donors (Lipinski definition) is 0. The predicted molar refractivity (Wildman–Crippen MR) is 97.3 cm³/mol. The average molecular weight is 340 g/mol. The number of carbonyl (C=O) groups excluding carboxylic acids is 1. The van der Waals surface area contributed by atoms with Crippen LogP contribution in [0.3, 0.4) is 0 Å². The largest absolute Gasteiger partial charge is 0.333 e. The third-order valence-corrected chi connectivity index (χ3v) is 6.49. The summed E-state index contributed by atoms with van der Waals surface area (Å²) in [6.45, 7) is 2.92. The standard InChI is InChI=1S/C20H24N2OS/c1-14-13-24-20(21-14)18-8-4-5-11-22(18)19(23)12-16-10-9-15-6-2-3-7-17(15)16/h2-3,6-7,13,16,18H,4-5,8-12H2,1H3. The van der Waals surface area contributed by atoms with Crippen LogP contribution in [0.5, 0.6) is 0 Å². The Bertz CT molecular complexity index is 739. The summed E-state index contributed by atoms with van der Waals surface area (Å²) in [6.07, 6.45) is 6.24. The van der Waals surface area contributed by atoms with E-state index in [1.54, 1.807) is 11.3 Å². The molecule has 24 heavy (non-hydrogen) atoms. The second-order valence-electron chi connectivity index (χ2n) is 7.06. The lowest BCUT2D eigenvalue weighted by Crippen LogP contribution is -2.39. The monoisotopic (exact) mass is 340 g/mol. The molecule has 0 N–H and O–H groups in total. The Kier molecular flexibility index (Phi) is 4.40. The molecule has 1 aromatic heterocycles. The fourth-order valence-corrected chi connectivity index (χ4v) is 5.14. The Morgan fingerprint density at radius 1 is 1.29 bits per heavy atom. The van der Waals surface area contributed by atoms with Crippen LogP contribution in [0.15, 0.2) is 29.6 Å². The molecule has 1 saturated heterocycles. The lowest BCUT2D eigenvalue weighted by molar-refractivity contribution is -0.135. The molecule has 0 bridgehead atoms. The second-order valence-corrected chi connectivity index (χ2v) is 7.95. The topological polar surface area (TPSA) is 33.2 Å². The molecule has 4 heteroatoms. The molecule has 4 rings (SSSR count). The Labute approximate surface area is 147 Å². The van der Waals surface area contributed by atoms with Crippen molar-refractivity contribution in [3.05, 3.63) is 51.5 Å². The number of thiazole rings is 1. The summed E-state index contributed by atoms with van der Waals surface area (Å²) in [5, 5.41) is 3.21. The molecule has 1 fully saturated rings. The molecular formula is C20H24N2OS. The van der Waals surface area contributed by atoms with Gasteiger partial charge in [0.1, 0.15) is 5.01 Å². The summed E-state index contributed by atoms with van der Waals surface area (Å²) < 4.78 is 0. The average Bonchev–Trinajstić information content (AvgIpc) is 3.22. The summed E-state index contributed by atoms with van der Waals surface area (Å²) in [4.78, 5) is 19.8. The van der Waals surface area contributed by atoms with E-state index in [4.69, 9.17) is 0 Å². The van der Waals surface area contributed by atoms with Crippen molar-refractivity contribution in [1.82, 2.24) is 9.88 Å². The van der Waals surface area contributed by atoms with Crippen LogP contribution in [0, 0.1) is 6.92 Å². The van der Waals surface area contributed by atoms with Gasteiger partial charge in [0.25, 0.3) is 0 Å². The maximum atomic E-state index is 13.1. The van der Waals surface area contributed by atoms with Crippen LogP contribution in [0.25, 0.3) is 0 Å². The zero-order valence-corrected chi connectivity index (χ0v) is 15.0. The van der Waals surface area contributed by atoms with Crippen LogP contribution in [-0.4, -0.2) is 22.3 Å². The molecule has 0 radical (unpaired) electrons. The van der Waals surface area contributed by atoms with E-state index in [1.165, 1.54) is 17.5 Å². The van der Waals surface area contributed by atoms with Crippen LogP contribution in [0.4, 0.5) is 0 Å². The Morgan fingerprint density at radius 3 is 3.00 bits per heavy atom. The number of aryl methyl sites for hydroxylation is 2. The molecule has 1 amide bonds. The molecule has 2 atom stereocenters. The number of amides is 1. The van der Waals surface area contributed by atoms with Crippen molar-refractivity contribution >= 4 is 17.2 Å². The molecule has 126 valence electrons. The maximum Gasteiger partial charge on any atom is 0.223 e. The highest BCUT2D eigenvalue weighted by Crippen LogP contribution is 2.38.